The average Bonchev–Trinajstić information content (AvgIpc) is 3.67. The Kier molecular flexibility index (Phi) is 6.00. The normalized spacial score (nSPS) is 32.0. The van der Waals surface area contributed by atoms with Gasteiger partial charge in [-0.2, -0.15) is 0 Å². The van der Waals surface area contributed by atoms with Gasteiger partial charge in [-0.05, 0) is 93.0 Å². The van der Waals surface area contributed by atoms with Crippen LogP contribution in [-0.2, 0) is 15.4 Å². The molecule has 1 saturated heterocycles. The summed E-state index contributed by atoms with van der Waals surface area (Å²) in [6, 6.07) is 4.64. The molecule has 2 atom stereocenters. The van der Waals surface area contributed by atoms with Gasteiger partial charge >= 0.3 is 0 Å². The van der Waals surface area contributed by atoms with Crippen molar-refractivity contribution in [2.24, 2.45) is 17.8 Å². The largest absolute Gasteiger partial charge is 0.303 e. The minimum Gasteiger partial charge on any atom is -0.303 e. The number of fused-ring (bicyclic) bond motifs is 1. The van der Waals surface area contributed by atoms with Gasteiger partial charge in [-0.3, -0.25) is 4.72 Å². The molecule has 2 unspecified atom stereocenters. The first kappa shape index (κ1) is 23.5. The van der Waals surface area contributed by atoms with Crippen molar-refractivity contribution in [3.63, 3.8) is 0 Å². The Morgan fingerprint density at radius 1 is 1.09 bits per heavy atom. The van der Waals surface area contributed by atoms with Crippen molar-refractivity contribution in [1.82, 2.24) is 4.90 Å². The Labute approximate surface area is 195 Å². The summed E-state index contributed by atoms with van der Waals surface area (Å²) in [5.41, 5.74) is 0.904. The highest BCUT2D eigenvalue weighted by molar-refractivity contribution is 7.93. The summed E-state index contributed by atoms with van der Waals surface area (Å²) in [6.07, 6.45) is 5.60. The van der Waals surface area contributed by atoms with Crippen LogP contribution >= 0.6 is 0 Å². The van der Waals surface area contributed by atoms with Gasteiger partial charge in [0.15, 0.2) is 0 Å². The molecule has 1 aromatic carbocycles. The van der Waals surface area contributed by atoms with Crippen molar-refractivity contribution in [1.29, 1.82) is 0 Å². The lowest BCUT2D eigenvalue weighted by Gasteiger charge is -2.30. The zero-order valence-corrected chi connectivity index (χ0v) is 20.1. The smallest absolute Gasteiger partial charge is 0.248 e. The average molecular weight is 485 g/mol. The number of piperidine rings is 1. The lowest BCUT2D eigenvalue weighted by Crippen LogP contribution is -2.32. The van der Waals surface area contributed by atoms with E-state index >= 15 is 0 Å². The third-order valence-electron chi connectivity index (χ3n) is 8.81. The molecule has 4 aliphatic rings. The zero-order valence-electron chi connectivity index (χ0n) is 19.3. The van der Waals surface area contributed by atoms with Crippen molar-refractivity contribution in [2.45, 2.75) is 81.3 Å². The van der Waals surface area contributed by atoms with E-state index < -0.39 is 15.9 Å². The quantitative estimate of drug-likeness (QED) is 0.500. The third-order valence-corrected chi connectivity index (χ3v) is 10.7. The molecule has 5 rings (SSSR count). The second kappa shape index (κ2) is 8.43. The van der Waals surface area contributed by atoms with Crippen LogP contribution in [0.5, 0.6) is 0 Å². The monoisotopic (exact) mass is 484 g/mol. The number of halogens is 3. The topological polar surface area (TPSA) is 49.4 Å². The summed E-state index contributed by atoms with van der Waals surface area (Å²) < 4.78 is 68.9. The highest BCUT2D eigenvalue weighted by Gasteiger charge is 2.68. The van der Waals surface area contributed by atoms with E-state index in [4.69, 9.17) is 0 Å². The second-order valence-electron chi connectivity index (χ2n) is 10.8. The maximum absolute atomic E-state index is 14.9. The molecule has 0 radical (unpaired) electrons. The number of likely N-dealkylation sites (tertiary alicyclic amines) is 1. The molecule has 184 valence electrons. The molecular weight excluding hydrogens is 449 g/mol. The van der Waals surface area contributed by atoms with E-state index in [1.807, 2.05) is 0 Å². The lowest BCUT2D eigenvalue weighted by molar-refractivity contribution is -0.0468. The maximum Gasteiger partial charge on any atom is 0.248 e. The summed E-state index contributed by atoms with van der Waals surface area (Å²) in [4.78, 5) is 2.44. The Bertz CT molecular complexity index is 973. The molecule has 0 aromatic heterocycles. The van der Waals surface area contributed by atoms with Gasteiger partial charge < -0.3 is 4.90 Å². The Morgan fingerprint density at radius 3 is 2.36 bits per heavy atom. The van der Waals surface area contributed by atoms with E-state index in [9.17, 15) is 21.6 Å². The molecule has 3 aliphatic carbocycles. The van der Waals surface area contributed by atoms with E-state index in [2.05, 4.69) is 16.5 Å². The van der Waals surface area contributed by atoms with Crippen molar-refractivity contribution in [2.75, 3.05) is 24.4 Å². The number of anilines is 1. The first-order valence-corrected chi connectivity index (χ1v) is 14.1. The molecule has 4 nitrogen and oxygen atoms in total. The van der Waals surface area contributed by atoms with E-state index in [0.717, 1.165) is 38.9 Å². The molecule has 3 saturated carbocycles. The number of nitrogens with one attached hydrogen (secondary N) is 1. The molecule has 0 spiro atoms. The number of alkyl halides is 2. The van der Waals surface area contributed by atoms with Gasteiger partial charge in [-0.15, -0.1) is 0 Å². The predicted octanol–water partition coefficient (Wildman–Crippen LogP) is 5.54. The van der Waals surface area contributed by atoms with Crippen LogP contribution in [0.2, 0.25) is 0 Å². The van der Waals surface area contributed by atoms with Gasteiger partial charge in [-0.1, -0.05) is 6.92 Å². The van der Waals surface area contributed by atoms with Gasteiger partial charge in [0.25, 0.3) is 0 Å². The van der Waals surface area contributed by atoms with Gasteiger partial charge in [0.2, 0.25) is 15.9 Å². The van der Waals surface area contributed by atoms with Crippen molar-refractivity contribution in [3.8, 4) is 0 Å². The fourth-order valence-corrected chi connectivity index (χ4v) is 8.05. The fraction of sp³-hybridized carbons (Fsp3) is 0.760. The lowest BCUT2D eigenvalue weighted by atomic mass is 9.84. The zero-order chi connectivity index (χ0) is 23.4. The molecule has 4 fully saturated rings. The van der Waals surface area contributed by atoms with Crippen LogP contribution in [0.3, 0.4) is 0 Å². The highest BCUT2D eigenvalue weighted by atomic mass is 32.2. The van der Waals surface area contributed by atoms with Crippen molar-refractivity contribution in [3.05, 3.63) is 29.6 Å². The predicted molar refractivity (Wildman–Crippen MR) is 123 cm³/mol. The minimum absolute atomic E-state index is 0.0337. The molecule has 33 heavy (non-hydrogen) atoms. The Hall–Kier alpha value is -1.28. The fourth-order valence-electron chi connectivity index (χ4n) is 6.68. The Morgan fingerprint density at radius 2 is 1.76 bits per heavy atom. The van der Waals surface area contributed by atoms with Gasteiger partial charge in [0.05, 0.1) is 5.25 Å². The summed E-state index contributed by atoms with van der Waals surface area (Å²) in [6.45, 7) is 4.93. The van der Waals surface area contributed by atoms with Crippen LogP contribution in [0.15, 0.2) is 18.2 Å². The third kappa shape index (κ3) is 4.54. The van der Waals surface area contributed by atoms with Crippen LogP contribution in [0.25, 0.3) is 0 Å². The summed E-state index contributed by atoms with van der Waals surface area (Å²) >= 11 is 0. The summed E-state index contributed by atoms with van der Waals surface area (Å²) in [5, 5.41) is -0.315. The summed E-state index contributed by atoms with van der Waals surface area (Å²) in [5.74, 6) is -1.50. The van der Waals surface area contributed by atoms with E-state index in [0.29, 0.717) is 54.7 Å². The molecule has 1 N–H and O–H groups in total. The molecular formula is C25H35F3N2O2S. The highest BCUT2D eigenvalue weighted by Crippen LogP contribution is 2.66. The van der Waals surface area contributed by atoms with Gasteiger partial charge in [-0.25, -0.2) is 21.6 Å². The molecule has 1 heterocycles. The first-order valence-electron chi connectivity index (χ1n) is 12.6. The molecule has 0 bridgehead atoms. The van der Waals surface area contributed by atoms with E-state index in [1.54, 1.807) is 6.07 Å². The maximum atomic E-state index is 14.9. The molecule has 1 aromatic rings. The van der Waals surface area contributed by atoms with Crippen LogP contribution < -0.4 is 4.72 Å². The number of nitrogens with zero attached hydrogens (tertiary/aromatic N) is 1. The second-order valence-corrected chi connectivity index (χ2v) is 12.8. The van der Waals surface area contributed by atoms with Crippen molar-refractivity contribution < 1.29 is 21.6 Å². The van der Waals surface area contributed by atoms with Gasteiger partial charge in [0.1, 0.15) is 5.82 Å². The number of rotatable bonds is 9. The van der Waals surface area contributed by atoms with Gasteiger partial charge in [0, 0.05) is 37.0 Å². The number of hydrogen-bond acceptors (Lipinski definition) is 3. The van der Waals surface area contributed by atoms with Crippen LogP contribution in [0.4, 0.5) is 18.9 Å². The Balaban J connectivity index is 1.17. The number of benzene rings is 1. The van der Waals surface area contributed by atoms with E-state index in [1.165, 1.54) is 12.1 Å². The molecule has 0 amide bonds. The standard InChI is InChI=1S/C25H35F3N2O2S/c1-2-25(20-14-18(5-8-23(20)26)29-33(31,32)19-6-7-19)21-15-30(16-22(21)25)13-3-4-17-9-11-24(27,28)12-10-17/h5,8,14,17,19,21-22,29H,2-4,6-7,9-13,15-16H2,1H3. The van der Waals surface area contributed by atoms with Crippen LogP contribution in [-0.4, -0.2) is 44.1 Å². The molecule has 8 heteroatoms. The SMILES string of the molecule is CCC1(c2cc(NS(=O)(=O)C3CC3)ccc2F)C2CN(CCCC3CCC(F)(F)CC3)CC21. The first-order chi connectivity index (χ1) is 15.6. The molecule has 1 aliphatic heterocycles. The van der Waals surface area contributed by atoms with Crippen LogP contribution in [0, 0.1) is 23.6 Å². The minimum atomic E-state index is -3.38. The summed E-state index contributed by atoms with van der Waals surface area (Å²) in [7, 11) is -3.38. The number of hydrogen-bond donors (Lipinski definition) is 1. The van der Waals surface area contributed by atoms with Crippen LogP contribution in [0.1, 0.15) is 70.3 Å². The number of sulfonamides is 1. The van der Waals surface area contributed by atoms with E-state index in [-0.39, 0.29) is 29.3 Å². The van der Waals surface area contributed by atoms with Crippen molar-refractivity contribution >= 4 is 15.7 Å².